The molecule has 0 aliphatic carbocycles. The molecule has 0 aromatic heterocycles. The van der Waals surface area contributed by atoms with Gasteiger partial charge in [0.25, 0.3) is 0 Å². The summed E-state index contributed by atoms with van der Waals surface area (Å²) in [7, 11) is 0. The normalized spacial score (nSPS) is 14.9. The molecule has 5 heteroatoms. The molecule has 0 bridgehead atoms. The molecule has 27 heavy (non-hydrogen) atoms. The minimum absolute atomic E-state index is 0.501. The van der Waals surface area contributed by atoms with Gasteiger partial charge < -0.3 is 14.4 Å². The van der Waals surface area contributed by atoms with Gasteiger partial charge in [-0.05, 0) is 59.3 Å². The van der Waals surface area contributed by atoms with Crippen molar-refractivity contribution in [2.24, 2.45) is 5.92 Å². The number of halogens is 1. The van der Waals surface area contributed by atoms with E-state index in [4.69, 9.17) is 21.7 Å². The second-order valence-electron chi connectivity index (χ2n) is 6.96. The zero-order valence-corrected chi connectivity index (χ0v) is 18.3. The van der Waals surface area contributed by atoms with Gasteiger partial charge in [-0.15, -0.1) is 0 Å². The lowest BCUT2D eigenvalue weighted by Gasteiger charge is -2.32. The van der Waals surface area contributed by atoms with E-state index in [0.717, 1.165) is 51.1 Å². The summed E-state index contributed by atoms with van der Waals surface area (Å²) in [5.41, 5.74) is 2.12. The highest BCUT2D eigenvalue weighted by atomic mass is 79.9. The molecule has 3 nitrogen and oxygen atoms in total. The molecule has 2 aromatic rings. The third kappa shape index (κ3) is 5.23. The highest BCUT2D eigenvalue weighted by Crippen LogP contribution is 2.35. The molecule has 3 rings (SSSR count). The van der Waals surface area contributed by atoms with Crippen LogP contribution >= 0.6 is 28.1 Å². The summed E-state index contributed by atoms with van der Waals surface area (Å²) >= 11 is 9.48. The van der Waals surface area contributed by atoms with Crippen LogP contribution in [0.15, 0.2) is 46.9 Å². The molecule has 0 spiro atoms. The first-order valence-corrected chi connectivity index (χ1v) is 10.7. The van der Waals surface area contributed by atoms with E-state index in [1.165, 1.54) is 12.8 Å². The van der Waals surface area contributed by atoms with E-state index < -0.39 is 0 Å². The maximum absolute atomic E-state index is 6.04. The van der Waals surface area contributed by atoms with Crippen LogP contribution in [0.5, 0.6) is 11.5 Å². The van der Waals surface area contributed by atoms with Crippen molar-refractivity contribution in [2.45, 2.75) is 33.3 Å². The Kier molecular flexibility index (Phi) is 7.13. The Morgan fingerprint density at radius 3 is 2.44 bits per heavy atom. The van der Waals surface area contributed by atoms with Crippen LogP contribution in [0.1, 0.15) is 37.8 Å². The number of benzene rings is 2. The average Bonchev–Trinajstić information content (AvgIpc) is 2.69. The number of likely N-dealkylation sites (tertiary alicyclic amines) is 1. The van der Waals surface area contributed by atoms with Crippen LogP contribution in [0.2, 0.25) is 0 Å². The Hall–Kier alpha value is -1.59. The van der Waals surface area contributed by atoms with Gasteiger partial charge in [-0.3, -0.25) is 0 Å². The number of hydrogen-bond donors (Lipinski definition) is 0. The van der Waals surface area contributed by atoms with Gasteiger partial charge >= 0.3 is 0 Å². The first-order chi connectivity index (χ1) is 13.1. The summed E-state index contributed by atoms with van der Waals surface area (Å²) < 4.78 is 12.8. The molecule has 0 radical (unpaired) electrons. The van der Waals surface area contributed by atoms with Crippen molar-refractivity contribution in [1.29, 1.82) is 0 Å². The van der Waals surface area contributed by atoms with Crippen LogP contribution in [0.3, 0.4) is 0 Å². The molecule has 0 amide bonds. The minimum Gasteiger partial charge on any atom is -0.490 e. The van der Waals surface area contributed by atoms with Crippen LogP contribution in [-0.2, 0) is 6.61 Å². The predicted octanol–water partition coefficient (Wildman–Crippen LogP) is 5.83. The number of piperidine rings is 1. The zero-order chi connectivity index (χ0) is 19.2. The molecule has 144 valence electrons. The van der Waals surface area contributed by atoms with Crippen LogP contribution in [0.25, 0.3) is 0 Å². The molecule has 0 saturated carbocycles. The molecular formula is C22H26BrNO2S. The SMILES string of the molecule is CCOc1cc(C(=S)N2CCC(C)CC2)c(Br)cc1OCc1ccccc1. The number of nitrogens with zero attached hydrogens (tertiary/aromatic N) is 1. The zero-order valence-electron chi connectivity index (χ0n) is 15.9. The maximum Gasteiger partial charge on any atom is 0.162 e. The summed E-state index contributed by atoms with van der Waals surface area (Å²) in [6, 6.07) is 14.1. The maximum atomic E-state index is 6.04. The second kappa shape index (κ2) is 9.56. The Bertz CT molecular complexity index is 773. The van der Waals surface area contributed by atoms with Gasteiger partial charge in [-0.2, -0.15) is 0 Å². The highest BCUT2D eigenvalue weighted by Gasteiger charge is 2.22. The average molecular weight is 448 g/mol. The van der Waals surface area contributed by atoms with Crippen molar-refractivity contribution < 1.29 is 9.47 Å². The summed E-state index contributed by atoms with van der Waals surface area (Å²) in [5, 5.41) is 0. The van der Waals surface area contributed by atoms with Crippen molar-refractivity contribution in [2.75, 3.05) is 19.7 Å². The summed E-state index contributed by atoms with van der Waals surface area (Å²) in [4.78, 5) is 3.18. The fourth-order valence-corrected chi connectivity index (χ4v) is 4.19. The predicted molar refractivity (Wildman–Crippen MR) is 118 cm³/mol. The van der Waals surface area contributed by atoms with Gasteiger partial charge in [0.2, 0.25) is 0 Å². The number of ether oxygens (including phenoxy) is 2. The lowest BCUT2D eigenvalue weighted by Crippen LogP contribution is -2.37. The molecule has 0 unspecified atom stereocenters. The van der Waals surface area contributed by atoms with Crippen molar-refractivity contribution in [3.63, 3.8) is 0 Å². The van der Waals surface area contributed by atoms with Gasteiger partial charge in [0.15, 0.2) is 11.5 Å². The van der Waals surface area contributed by atoms with Gasteiger partial charge in [-0.1, -0.05) is 49.5 Å². The summed E-state index contributed by atoms with van der Waals surface area (Å²) in [6.07, 6.45) is 2.38. The quantitative estimate of drug-likeness (QED) is 0.518. The third-order valence-corrected chi connectivity index (χ3v) is 6.01. The lowest BCUT2D eigenvalue weighted by molar-refractivity contribution is 0.268. The minimum atomic E-state index is 0.501. The van der Waals surface area contributed by atoms with E-state index in [1.54, 1.807) is 0 Å². The molecule has 2 aromatic carbocycles. The van der Waals surface area contributed by atoms with E-state index >= 15 is 0 Å². The van der Waals surface area contributed by atoms with Crippen LogP contribution in [0.4, 0.5) is 0 Å². The molecule has 1 aliphatic heterocycles. The van der Waals surface area contributed by atoms with Gasteiger partial charge in [-0.25, -0.2) is 0 Å². The summed E-state index contributed by atoms with van der Waals surface area (Å²) in [5.74, 6) is 2.24. The number of hydrogen-bond acceptors (Lipinski definition) is 3. The van der Waals surface area contributed by atoms with Crippen molar-refractivity contribution in [1.82, 2.24) is 4.90 Å². The molecule has 1 heterocycles. The smallest absolute Gasteiger partial charge is 0.162 e. The lowest BCUT2D eigenvalue weighted by atomic mass is 9.99. The molecule has 1 saturated heterocycles. The first-order valence-electron chi connectivity index (χ1n) is 9.50. The summed E-state index contributed by atoms with van der Waals surface area (Å²) in [6.45, 7) is 7.40. The Balaban J connectivity index is 1.79. The topological polar surface area (TPSA) is 21.7 Å². The van der Waals surface area contributed by atoms with E-state index in [-0.39, 0.29) is 0 Å². The Labute approximate surface area is 175 Å². The van der Waals surface area contributed by atoms with Crippen molar-refractivity contribution >= 4 is 33.1 Å². The number of thiocarbonyl (C=S) groups is 1. The van der Waals surface area contributed by atoms with Crippen LogP contribution < -0.4 is 9.47 Å². The highest BCUT2D eigenvalue weighted by molar-refractivity contribution is 9.10. The van der Waals surface area contributed by atoms with E-state index in [1.807, 2.05) is 37.3 Å². The Morgan fingerprint density at radius 2 is 1.78 bits per heavy atom. The standard InChI is InChI=1S/C22H26BrNO2S/c1-3-25-20-13-18(22(27)24-11-9-16(2)10-12-24)19(23)14-21(20)26-15-17-7-5-4-6-8-17/h4-8,13-14,16H,3,9-12,15H2,1-2H3. The van der Waals surface area contributed by atoms with Crippen LogP contribution in [-0.4, -0.2) is 29.6 Å². The monoisotopic (exact) mass is 447 g/mol. The largest absolute Gasteiger partial charge is 0.490 e. The van der Waals surface area contributed by atoms with E-state index in [0.29, 0.717) is 13.2 Å². The molecular weight excluding hydrogens is 422 g/mol. The van der Waals surface area contributed by atoms with Gasteiger partial charge in [0.1, 0.15) is 11.6 Å². The van der Waals surface area contributed by atoms with Crippen LogP contribution in [0, 0.1) is 5.92 Å². The molecule has 0 atom stereocenters. The molecule has 1 fully saturated rings. The van der Waals surface area contributed by atoms with Gasteiger partial charge in [0.05, 0.1) is 6.61 Å². The van der Waals surface area contributed by atoms with Crippen molar-refractivity contribution in [3.05, 3.63) is 58.1 Å². The second-order valence-corrected chi connectivity index (χ2v) is 8.20. The first kappa shape index (κ1) is 20.2. The fourth-order valence-electron chi connectivity index (χ4n) is 3.20. The fraction of sp³-hybridized carbons (Fsp3) is 0.409. The van der Waals surface area contributed by atoms with E-state index in [2.05, 4.69) is 39.9 Å². The molecule has 1 aliphatic rings. The number of rotatable bonds is 6. The van der Waals surface area contributed by atoms with Crippen molar-refractivity contribution in [3.8, 4) is 11.5 Å². The van der Waals surface area contributed by atoms with E-state index in [9.17, 15) is 0 Å². The molecule has 0 N–H and O–H groups in total. The van der Waals surface area contributed by atoms with Gasteiger partial charge in [0, 0.05) is 23.1 Å². The third-order valence-electron chi connectivity index (χ3n) is 4.87. The Morgan fingerprint density at radius 1 is 1.11 bits per heavy atom.